The summed E-state index contributed by atoms with van der Waals surface area (Å²) in [6.45, 7) is 4.58. The summed E-state index contributed by atoms with van der Waals surface area (Å²) in [5.74, 6) is 0.568. The molecule has 0 amide bonds. The minimum atomic E-state index is -3.50. The molecule has 1 aliphatic heterocycles. The molecule has 1 saturated heterocycles. The van der Waals surface area contributed by atoms with E-state index in [0.29, 0.717) is 30.6 Å². The van der Waals surface area contributed by atoms with Crippen LogP contribution in [0.2, 0.25) is 5.02 Å². The Kier molecular flexibility index (Phi) is 8.00. The molecule has 3 atom stereocenters. The van der Waals surface area contributed by atoms with Gasteiger partial charge >= 0.3 is 6.16 Å². The molecule has 32 heavy (non-hydrogen) atoms. The fraction of sp³-hybridized carbons (Fsp3) is 0.409. The van der Waals surface area contributed by atoms with Gasteiger partial charge in [-0.1, -0.05) is 54.9 Å². The van der Waals surface area contributed by atoms with Crippen LogP contribution >= 0.6 is 11.6 Å². The standard InChI is InChI=1S/C21H26ClN3O2S.CH2O3/c1-16-20(17-7-3-2-4-8-17)21(16)23-28(26,27)25-12-6-11-24(13-14-25)19-10-5-9-18(22)15-19;2-1(3)4/h2-5,7-10,15-16,20-21,23H,6,11-14H2,1H3;(H2,2,3,4)/t16-,20-,21+;/m1./s1. The number of anilines is 1. The topological polar surface area (TPSA) is 110 Å². The van der Waals surface area contributed by atoms with Crippen LogP contribution in [0, 0.1) is 5.92 Å². The minimum absolute atomic E-state index is 0.0281. The monoisotopic (exact) mass is 481 g/mol. The second kappa shape index (κ2) is 10.5. The van der Waals surface area contributed by atoms with Crippen LogP contribution in [0.4, 0.5) is 10.5 Å². The third-order valence-corrected chi connectivity index (χ3v) is 7.67. The zero-order valence-electron chi connectivity index (χ0n) is 17.8. The summed E-state index contributed by atoms with van der Waals surface area (Å²) in [6.07, 6.45) is -1.05. The van der Waals surface area contributed by atoms with E-state index in [1.165, 1.54) is 5.56 Å². The average molecular weight is 482 g/mol. The maximum Gasteiger partial charge on any atom is 0.503 e. The van der Waals surface area contributed by atoms with E-state index in [-0.39, 0.29) is 12.0 Å². The van der Waals surface area contributed by atoms with Gasteiger partial charge in [0, 0.05) is 48.8 Å². The van der Waals surface area contributed by atoms with Crippen molar-refractivity contribution in [2.24, 2.45) is 5.92 Å². The van der Waals surface area contributed by atoms with E-state index in [4.69, 9.17) is 26.6 Å². The first-order valence-corrected chi connectivity index (χ1v) is 12.3. The molecule has 1 heterocycles. The van der Waals surface area contributed by atoms with Crippen molar-refractivity contribution in [1.82, 2.24) is 9.03 Å². The van der Waals surface area contributed by atoms with Gasteiger partial charge in [-0.2, -0.15) is 17.4 Å². The Morgan fingerprint density at radius 3 is 2.38 bits per heavy atom. The first kappa shape index (κ1) is 24.3. The van der Waals surface area contributed by atoms with Crippen LogP contribution in [0.5, 0.6) is 0 Å². The molecule has 4 rings (SSSR count). The van der Waals surface area contributed by atoms with Crippen molar-refractivity contribution in [2.75, 3.05) is 31.1 Å². The first-order chi connectivity index (χ1) is 15.2. The molecule has 2 aromatic carbocycles. The molecule has 174 valence electrons. The number of carboxylic acid groups (broad SMARTS) is 2. The van der Waals surface area contributed by atoms with Gasteiger partial charge in [0.25, 0.3) is 10.2 Å². The van der Waals surface area contributed by atoms with Gasteiger partial charge in [-0.25, -0.2) is 4.79 Å². The van der Waals surface area contributed by atoms with Crippen molar-refractivity contribution in [1.29, 1.82) is 0 Å². The Balaban J connectivity index is 0.000000668. The van der Waals surface area contributed by atoms with Crippen molar-refractivity contribution >= 4 is 33.7 Å². The van der Waals surface area contributed by atoms with Gasteiger partial charge in [-0.05, 0) is 36.1 Å². The van der Waals surface area contributed by atoms with Crippen molar-refractivity contribution < 1.29 is 23.4 Å². The maximum atomic E-state index is 13.0. The number of rotatable bonds is 5. The number of carbonyl (C=O) groups is 1. The average Bonchev–Trinajstić information content (AvgIpc) is 3.43. The van der Waals surface area contributed by atoms with Gasteiger partial charge < -0.3 is 15.1 Å². The normalized spacial score (nSPS) is 23.6. The quantitative estimate of drug-likeness (QED) is 0.600. The highest BCUT2D eigenvalue weighted by atomic mass is 35.5. The molecule has 3 N–H and O–H groups in total. The summed E-state index contributed by atoms with van der Waals surface area (Å²) in [5.41, 5.74) is 2.24. The lowest BCUT2D eigenvalue weighted by Gasteiger charge is -2.24. The van der Waals surface area contributed by atoms with E-state index < -0.39 is 16.4 Å². The van der Waals surface area contributed by atoms with Crippen LogP contribution in [-0.2, 0) is 10.2 Å². The van der Waals surface area contributed by atoms with Gasteiger partial charge in [-0.3, -0.25) is 0 Å². The Bertz CT molecular complexity index is 1020. The van der Waals surface area contributed by atoms with Gasteiger partial charge in [-0.15, -0.1) is 0 Å². The molecular weight excluding hydrogens is 454 g/mol. The molecular formula is C22H28ClN3O5S. The van der Waals surface area contributed by atoms with E-state index in [1.807, 2.05) is 42.5 Å². The molecule has 0 aromatic heterocycles. The Morgan fingerprint density at radius 2 is 1.72 bits per heavy atom. The lowest BCUT2D eigenvalue weighted by Crippen LogP contribution is -2.44. The highest BCUT2D eigenvalue weighted by molar-refractivity contribution is 7.87. The lowest BCUT2D eigenvalue weighted by atomic mass is 10.1. The fourth-order valence-electron chi connectivity index (χ4n) is 4.14. The Morgan fingerprint density at radius 1 is 1.03 bits per heavy atom. The number of benzene rings is 2. The summed E-state index contributed by atoms with van der Waals surface area (Å²) in [7, 11) is -3.50. The second-order valence-electron chi connectivity index (χ2n) is 7.95. The third-order valence-electron chi connectivity index (χ3n) is 5.82. The van der Waals surface area contributed by atoms with Gasteiger partial charge in [0.05, 0.1) is 0 Å². The number of nitrogens with one attached hydrogen (secondary N) is 1. The molecule has 2 aromatic rings. The van der Waals surface area contributed by atoms with Gasteiger partial charge in [0.2, 0.25) is 0 Å². The summed E-state index contributed by atoms with van der Waals surface area (Å²) in [4.78, 5) is 10.8. The largest absolute Gasteiger partial charge is 0.503 e. The number of hydrogen-bond acceptors (Lipinski definition) is 4. The molecule has 1 aliphatic carbocycles. The van der Waals surface area contributed by atoms with E-state index >= 15 is 0 Å². The predicted octanol–water partition coefficient (Wildman–Crippen LogP) is 3.71. The van der Waals surface area contributed by atoms with Crippen LogP contribution < -0.4 is 9.62 Å². The lowest BCUT2D eigenvalue weighted by molar-refractivity contribution is 0.137. The first-order valence-electron chi connectivity index (χ1n) is 10.4. The highest BCUT2D eigenvalue weighted by Crippen LogP contribution is 2.47. The van der Waals surface area contributed by atoms with E-state index in [9.17, 15) is 8.42 Å². The summed E-state index contributed by atoms with van der Waals surface area (Å²) >= 11 is 6.11. The van der Waals surface area contributed by atoms with E-state index in [1.54, 1.807) is 4.31 Å². The molecule has 2 aliphatic rings. The maximum absolute atomic E-state index is 13.0. The molecule has 8 nitrogen and oxygen atoms in total. The third kappa shape index (κ3) is 6.35. The van der Waals surface area contributed by atoms with Crippen molar-refractivity contribution in [3.63, 3.8) is 0 Å². The molecule has 2 fully saturated rings. The highest BCUT2D eigenvalue weighted by Gasteiger charge is 2.50. The Hall–Kier alpha value is -2.33. The van der Waals surface area contributed by atoms with Gasteiger partial charge in [0.1, 0.15) is 0 Å². The molecule has 0 radical (unpaired) electrons. The van der Waals surface area contributed by atoms with Crippen LogP contribution in [0.15, 0.2) is 54.6 Å². The second-order valence-corrected chi connectivity index (χ2v) is 10.1. The van der Waals surface area contributed by atoms with Crippen LogP contribution in [0.25, 0.3) is 0 Å². The SMILES string of the molecule is C[C@H]1[C@H](NS(=O)(=O)N2CCCN(c3cccc(Cl)c3)CC2)[C@H]1c1ccccc1.O=C(O)O. The van der Waals surface area contributed by atoms with Gasteiger partial charge in [0.15, 0.2) is 0 Å². The molecule has 1 saturated carbocycles. The summed E-state index contributed by atoms with van der Waals surface area (Å²) in [6, 6.07) is 17.8. The van der Waals surface area contributed by atoms with Crippen LogP contribution in [0.1, 0.15) is 24.8 Å². The fourth-order valence-corrected chi connectivity index (χ4v) is 5.87. The van der Waals surface area contributed by atoms with Crippen molar-refractivity contribution in [3.8, 4) is 0 Å². The summed E-state index contributed by atoms with van der Waals surface area (Å²) < 4.78 is 30.5. The Labute approximate surface area is 193 Å². The number of halogens is 1. The zero-order valence-corrected chi connectivity index (χ0v) is 19.3. The van der Waals surface area contributed by atoms with Crippen molar-refractivity contribution in [3.05, 3.63) is 65.2 Å². The van der Waals surface area contributed by atoms with Crippen LogP contribution in [-0.4, -0.2) is 61.3 Å². The minimum Gasteiger partial charge on any atom is -0.450 e. The number of hydrogen-bond donors (Lipinski definition) is 3. The molecule has 0 bridgehead atoms. The number of nitrogens with zero attached hydrogens (tertiary/aromatic N) is 2. The zero-order chi connectivity index (χ0) is 23.3. The predicted molar refractivity (Wildman–Crippen MR) is 125 cm³/mol. The van der Waals surface area contributed by atoms with E-state index in [2.05, 4.69) is 28.7 Å². The molecule has 0 spiro atoms. The van der Waals surface area contributed by atoms with E-state index in [0.717, 1.165) is 18.7 Å². The molecule has 10 heteroatoms. The van der Waals surface area contributed by atoms with Crippen LogP contribution in [0.3, 0.4) is 0 Å². The summed E-state index contributed by atoms with van der Waals surface area (Å²) in [5, 5.41) is 14.6. The molecule has 0 unspecified atom stereocenters. The van der Waals surface area contributed by atoms with Crippen molar-refractivity contribution in [2.45, 2.75) is 25.3 Å². The smallest absolute Gasteiger partial charge is 0.450 e.